The predicted octanol–water partition coefficient (Wildman–Crippen LogP) is 3.62. The first-order chi connectivity index (χ1) is 12.4. The highest BCUT2D eigenvalue weighted by molar-refractivity contribution is 6.31. The maximum absolute atomic E-state index is 12.5. The number of methoxy groups -OCH3 is 1. The minimum atomic E-state index is -0.821. The third-order valence-electron chi connectivity index (χ3n) is 3.58. The fourth-order valence-electron chi connectivity index (χ4n) is 2.34. The Morgan fingerprint density at radius 3 is 2.69 bits per heavy atom. The van der Waals surface area contributed by atoms with E-state index in [1.807, 2.05) is 0 Å². The van der Waals surface area contributed by atoms with Gasteiger partial charge < -0.3 is 14.5 Å². The van der Waals surface area contributed by atoms with Crippen LogP contribution in [0.2, 0.25) is 5.02 Å². The minimum absolute atomic E-state index is 0.0840. The van der Waals surface area contributed by atoms with E-state index in [9.17, 15) is 19.7 Å². The summed E-state index contributed by atoms with van der Waals surface area (Å²) in [6.07, 6.45) is 0. The van der Waals surface area contributed by atoms with Crippen molar-refractivity contribution in [3.8, 4) is 5.75 Å². The molecule has 3 rings (SSSR count). The summed E-state index contributed by atoms with van der Waals surface area (Å²) in [6, 6.07) is 9.70. The van der Waals surface area contributed by atoms with Crippen LogP contribution in [0.5, 0.6) is 5.75 Å². The van der Waals surface area contributed by atoms with Crippen LogP contribution in [0.15, 0.2) is 51.7 Å². The van der Waals surface area contributed by atoms with Crippen LogP contribution in [0, 0.1) is 10.1 Å². The number of nitro groups is 1. The van der Waals surface area contributed by atoms with Gasteiger partial charge in [0.25, 0.3) is 11.6 Å². The Kier molecular flexibility index (Phi) is 4.59. The van der Waals surface area contributed by atoms with Crippen molar-refractivity contribution in [2.45, 2.75) is 0 Å². The molecule has 0 unspecified atom stereocenters. The second kappa shape index (κ2) is 6.85. The van der Waals surface area contributed by atoms with Crippen LogP contribution in [0.25, 0.3) is 11.0 Å². The lowest BCUT2D eigenvalue weighted by molar-refractivity contribution is -0.384. The van der Waals surface area contributed by atoms with Gasteiger partial charge >= 0.3 is 5.63 Å². The van der Waals surface area contributed by atoms with Crippen molar-refractivity contribution in [3.63, 3.8) is 0 Å². The van der Waals surface area contributed by atoms with Crippen LogP contribution in [-0.2, 0) is 0 Å². The second-order valence-corrected chi connectivity index (χ2v) is 5.66. The topological polar surface area (TPSA) is 112 Å². The summed E-state index contributed by atoms with van der Waals surface area (Å²) in [5.41, 5.74) is -0.782. The standard InChI is InChI=1S/C17H11ClN2O6/c1-25-15-8-11(20(23)24)3-4-13(15)19-16(21)12-7-9-6-10(18)2-5-14(9)26-17(12)22/h2-8H,1H3,(H,19,21). The zero-order valence-electron chi connectivity index (χ0n) is 13.3. The molecule has 9 heteroatoms. The molecule has 1 amide bonds. The molecule has 0 aliphatic heterocycles. The van der Waals surface area contributed by atoms with Gasteiger partial charge in [0.1, 0.15) is 16.9 Å². The van der Waals surface area contributed by atoms with Crippen LogP contribution in [0.3, 0.4) is 0 Å². The molecule has 1 N–H and O–H groups in total. The van der Waals surface area contributed by atoms with E-state index in [0.29, 0.717) is 16.0 Å². The molecular weight excluding hydrogens is 364 g/mol. The summed E-state index contributed by atoms with van der Waals surface area (Å²) in [6.45, 7) is 0. The molecule has 0 bridgehead atoms. The molecular formula is C17H11ClN2O6. The molecule has 132 valence electrons. The van der Waals surface area contributed by atoms with Crippen molar-refractivity contribution < 1.29 is 18.9 Å². The molecule has 0 atom stereocenters. The largest absolute Gasteiger partial charge is 0.494 e. The molecule has 0 radical (unpaired) electrons. The molecule has 2 aromatic carbocycles. The fraction of sp³-hybridized carbons (Fsp3) is 0.0588. The Bertz CT molecular complexity index is 1090. The van der Waals surface area contributed by atoms with Crippen molar-refractivity contribution in [1.29, 1.82) is 0 Å². The number of rotatable bonds is 4. The number of non-ortho nitro benzene ring substituents is 1. The highest BCUT2D eigenvalue weighted by Gasteiger charge is 2.18. The summed E-state index contributed by atoms with van der Waals surface area (Å²) in [5.74, 6) is -0.659. The van der Waals surface area contributed by atoms with Gasteiger partial charge in [0.05, 0.1) is 23.8 Å². The second-order valence-electron chi connectivity index (χ2n) is 5.23. The number of amides is 1. The third kappa shape index (κ3) is 3.35. The Balaban J connectivity index is 1.98. The van der Waals surface area contributed by atoms with Crippen LogP contribution in [0.4, 0.5) is 11.4 Å². The van der Waals surface area contributed by atoms with Gasteiger partial charge in [-0.3, -0.25) is 14.9 Å². The molecule has 3 aromatic rings. The Hall–Kier alpha value is -3.39. The first kappa shape index (κ1) is 17.4. The highest BCUT2D eigenvalue weighted by atomic mass is 35.5. The zero-order chi connectivity index (χ0) is 18.8. The summed E-state index contributed by atoms with van der Waals surface area (Å²) in [7, 11) is 1.31. The summed E-state index contributed by atoms with van der Waals surface area (Å²) >= 11 is 5.91. The molecule has 1 aromatic heterocycles. The number of carbonyl (C=O) groups excluding carboxylic acids is 1. The molecule has 0 spiro atoms. The van der Waals surface area contributed by atoms with Crippen molar-refractivity contribution in [1.82, 2.24) is 0 Å². The first-order valence-electron chi connectivity index (χ1n) is 7.26. The average molecular weight is 375 g/mol. The maximum atomic E-state index is 12.5. The molecule has 0 saturated heterocycles. The third-order valence-corrected chi connectivity index (χ3v) is 3.82. The fourth-order valence-corrected chi connectivity index (χ4v) is 2.52. The number of nitrogens with one attached hydrogen (secondary N) is 1. The van der Waals surface area contributed by atoms with Gasteiger partial charge in [-0.2, -0.15) is 0 Å². The van der Waals surface area contributed by atoms with Gasteiger partial charge in [-0.05, 0) is 30.3 Å². The lowest BCUT2D eigenvalue weighted by atomic mass is 10.1. The van der Waals surface area contributed by atoms with E-state index in [1.54, 1.807) is 12.1 Å². The van der Waals surface area contributed by atoms with Crippen LogP contribution < -0.4 is 15.7 Å². The average Bonchev–Trinajstić information content (AvgIpc) is 2.61. The Morgan fingerprint density at radius 1 is 1.23 bits per heavy atom. The molecule has 8 nitrogen and oxygen atoms in total. The summed E-state index contributed by atoms with van der Waals surface area (Å²) in [5, 5.41) is 14.2. The van der Waals surface area contributed by atoms with Crippen molar-refractivity contribution in [2.75, 3.05) is 12.4 Å². The number of ether oxygens (including phenoxy) is 1. The quantitative estimate of drug-likeness (QED) is 0.424. The van der Waals surface area contributed by atoms with Crippen LogP contribution in [-0.4, -0.2) is 17.9 Å². The van der Waals surface area contributed by atoms with E-state index in [0.717, 1.165) is 6.07 Å². The van der Waals surface area contributed by atoms with Crippen LogP contribution >= 0.6 is 11.6 Å². The minimum Gasteiger partial charge on any atom is -0.494 e. The number of benzene rings is 2. The maximum Gasteiger partial charge on any atom is 0.349 e. The summed E-state index contributed by atoms with van der Waals surface area (Å²) < 4.78 is 10.2. The zero-order valence-corrected chi connectivity index (χ0v) is 14.1. The number of carbonyl (C=O) groups is 1. The van der Waals surface area contributed by atoms with Gasteiger partial charge in [0.15, 0.2) is 0 Å². The number of hydrogen-bond donors (Lipinski definition) is 1. The number of halogens is 1. The molecule has 0 saturated carbocycles. The van der Waals surface area contributed by atoms with Crippen molar-refractivity contribution in [2.24, 2.45) is 0 Å². The Morgan fingerprint density at radius 2 is 2.00 bits per heavy atom. The Labute approximate surface area is 151 Å². The molecule has 1 heterocycles. The first-order valence-corrected chi connectivity index (χ1v) is 7.64. The normalized spacial score (nSPS) is 10.5. The predicted molar refractivity (Wildman–Crippen MR) is 95.1 cm³/mol. The van der Waals surface area contributed by atoms with E-state index in [4.69, 9.17) is 20.8 Å². The van der Waals surface area contributed by atoms with E-state index >= 15 is 0 Å². The van der Waals surface area contributed by atoms with Crippen molar-refractivity contribution >= 4 is 39.9 Å². The monoisotopic (exact) mass is 374 g/mol. The van der Waals surface area contributed by atoms with Gasteiger partial charge in [-0.25, -0.2) is 4.79 Å². The van der Waals surface area contributed by atoms with E-state index in [2.05, 4.69) is 5.32 Å². The van der Waals surface area contributed by atoms with E-state index in [-0.39, 0.29) is 22.7 Å². The number of anilines is 1. The van der Waals surface area contributed by atoms with Gasteiger partial charge in [-0.15, -0.1) is 0 Å². The van der Waals surface area contributed by atoms with Gasteiger partial charge in [0.2, 0.25) is 0 Å². The number of nitro benzene ring substituents is 1. The van der Waals surface area contributed by atoms with E-state index in [1.165, 1.54) is 31.4 Å². The highest BCUT2D eigenvalue weighted by Crippen LogP contribution is 2.29. The van der Waals surface area contributed by atoms with Gasteiger partial charge in [-0.1, -0.05) is 11.6 Å². The lowest BCUT2D eigenvalue weighted by Crippen LogP contribution is -2.21. The smallest absolute Gasteiger partial charge is 0.349 e. The molecule has 0 aliphatic rings. The summed E-state index contributed by atoms with van der Waals surface area (Å²) in [4.78, 5) is 34.8. The SMILES string of the molecule is COc1cc([N+](=O)[O-])ccc1NC(=O)c1cc2cc(Cl)ccc2oc1=O. The van der Waals surface area contributed by atoms with Crippen LogP contribution in [0.1, 0.15) is 10.4 Å². The van der Waals surface area contributed by atoms with Gasteiger partial charge in [0, 0.05) is 16.5 Å². The molecule has 0 fully saturated rings. The van der Waals surface area contributed by atoms with E-state index < -0.39 is 16.5 Å². The lowest BCUT2D eigenvalue weighted by Gasteiger charge is -2.10. The number of nitrogens with zero attached hydrogens (tertiary/aromatic N) is 1. The molecule has 26 heavy (non-hydrogen) atoms. The van der Waals surface area contributed by atoms with Crippen molar-refractivity contribution in [3.05, 3.63) is 73.6 Å². The number of hydrogen-bond acceptors (Lipinski definition) is 6. The number of fused-ring (bicyclic) bond motifs is 1. The molecule has 0 aliphatic carbocycles.